The summed E-state index contributed by atoms with van der Waals surface area (Å²) in [5.41, 5.74) is 0.0753. The molecule has 1 heterocycles. The minimum atomic E-state index is -1.05. The quantitative estimate of drug-likeness (QED) is 0.852. The van der Waals surface area contributed by atoms with E-state index in [1.54, 1.807) is 4.57 Å². The third-order valence-electron chi connectivity index (χ3n) is 4.80. The van der Waals surface area contributed by atoms with Crippen LogP contribution in [0.4, 0.5) is 0 Å². The van der Waals surface area contributed by atoms with Crippen molar-refractivity contribution in [2.75, 3.05) is 6.54 Å². The van der Waals surface area contributed by atoms with Crippen LogP contribution >= 0.6 is 0 Å². The van der Waals surface area contributed by atoms with E-state index in [0.717, 1.165) is 0 Å². The number of aromatic nitrogens is 2. The van der Waals surface area contributed by atoms with Gasteiger partial charge in [-0.15, -0.1) is 0 Å². The predicted molar refractivity (Wildman–Crippen MR) is 73.2 cm³/mol. The molecule has 1 fully saturated rings. The highest BCUT2D eigenvalue weighted by Crippen LogP contribution is 2.68. The Labute approximate surface area is 118 Å². The van der Waals surface area contributed by atoms with Crippen LogP contribution in [0.1, 0.15) is 38.2 Å². The van der Waals surface area contributed by atoms with Crippen LogP contribution < -0.4 is 5.32 Å². The van der Waals surface area contributed by atoms with Gasteiger partial charge in [0.25, 0.3) is 0 Å². The summed E-state index contributed by atoms with van der Waals surface area (Å²) in [5, 5.41) is 11.7. The molecule has 1 aromatic rings. The molecular weight excluding hydrogens is 258 g/mol. The summed E-state index contributed by atoms with van der Waals surface area (Å²) in [6, 6.07) is 0. The van der Waals surface area contributed by atoms with Crippen LogP contribution in [0, 0.1) is 16.7 Å². The minimum Gasteiger partial charge on any atom is -0.476 e. The monoisotopic (exact) mass is 279 g/mol. The van der Waals surface area contributed by atoms with E-state index in [4.69, 9.17) is 5.11 Å². The van der Waals surface area contributed by atoms with Gasteiger partial charge in [-0.25, -0.2) is 9.78 Å². The van der Waals surface area contributed by atoms with Gasteiger partial charge < -0.3 is 15.0 Å². The molecule has 1 aromatic heterocycles. The Morgan fingerprint density at radius 1 is 1.35 bits per heavy atom. The van der Waals surface area contributed by atoms with E-state index in [0.29, 0.717) is 13.1 Å². The fourth-order valence-corrected chi connectivity index (χ4v) is 2.85. The molecule has 0 bridgehead atoms. The fraction of sp³-hybridized carbons (Fsp3) is 0.643. The first-order chi connectivity index (χ1) is 9.18. The molecule has 0 saturated heterocycles. The number of aromatic carboxylic acids is 1. The minimum absolute atomic E-state index is 0.0146. The number of hydrogen-bond donors (Lipinski definition) is 2. The van der Waals surface area contributed by atoms with Crippen LogP contribution in [0.3, 0.4) is 0 Å². The van der Waals surface area contributed by atoms with Crippen molar-refractivity contribution in [2.24, 2.45) is 16.7 Å². The molecule has 0 spiro atoms. The van der Waals surface area contributed by atoms with Crippen molar-refractivity contribution in [3.05, 3.63) is 18.2 Å². The lowest BCUT2D eigenvalue weighted by atomic mass is 10.0. The molecule has 0 atom stereocenters. The van der Waals surface area contributed by atoms with Gasteiger partial charge in [-0.3, -0.25) is 4.79 Å². The average molecular weight is 279 g/mol. The van der Waals surface area contributed by atoms with Crippen molar-refractivity contribution in [3.63, 3.8) is 0 Å². The summed E-state index contributed by atoms with van der Waals surface area (Å²) in [6.45, 7) is 9.40. The van der Waals surface area contributed by atoms with Gasteiger partial charge in [-0.1, -0.05) is 27.7 Å². The lowest BCUT2D eigenvalue weighted by Crippen LogP contribution is -2.30. The molecule has 2 rings (SSSR count). The second-order valence-electron chi connectivity index (χ2n) is 6.47. The van der Waals surface area contributed by atoms with Crippen molar-refractivity contribution >= 4 is 11.9 Å². The molecule has 0 radical (unpaired) electrons. The summed E-state index contributed by atoms with van der Waals surface area (Å²) < 4.78 is 1.66. The average Bonchev–Trinajstić information content (AvgIpc) is 2.69. The van der Waals surface area contributed by atoms with E-state index in [1.165, 1.54) is 12.5 Å². The van der Waals surface area contributed by atoms with Crippen molar-refractivity contribution in [2.45, 2.75) is 34.2 Å². The van der Waals surface area contributed by atoms with Crippen molar-refractivity contribution in [1.82, 2.24) is 14.9 Å². The molecule has 0 unspecified atom stereocenters. The van der Waals surface area contributed by atoms with Crippen LogP contribution in [0.25, 0.3) is 0 Å². The Balaban J connectivity index is 1.82. The highest BCUT2D eigenvalue weighted by atomic mass is 16.4. The predicted octanol–water partition coefficient (Wildman–Crippen LogP) is 1.38. The molecule has 110 valence electrons. The van der Waals surface area contributed by atoms with Gasteiger partial charge in [0.15, 0.2) is 5.69 Å². The van der Waals surface area contributed by atoms with Gasteiger partial charge in [-0.05, 0) is 10.8 Å². The molecule has 2 N–H and O–H groups in total. The maximum atomic E-state index is 12.1. The van der Waals surface area contributed by atoms with E-state index < -0.39 is 5.97 Å². The second-order valence-corrected chi connectivity index (χ2v) is 6.47. The zero-order valence-corrected chi connectivity index (χ0v) is 12.3. The molecular formula is C14H21N3O3. The van der Waals surface area contributed by atoms with E-state index >= 15 is 0 Å². The lowest BCUT2D eigenvalue weighted by Gasteiger charge is -2.06. The molecule has 6 heteroatoms. The first-order valence-electron chi connectivity index (χ1n) is 6.70. The van der Waals surface area contributed by atoms with E-state index in [-0.39, 0.29) is 28.3 Å². The largest absolute Gasteiger partial charge is 0.476 e. The Morgan fingerprint density at radius 3 is 2.40 bits per heavy atom. The number of imidazole rings is 1. The second kappa shape index (κ2) is 4.61. The third-order valence-corrected chi connectivity index (χ3v) is 4.80. The Bertz CT molecular complexity index is 532. The van der Waals surface area contributed by atoms with Gasteiger partial charge in [0.1, 0.15) is 0 Å². The van der Waals surface area contributed by atoms with Gasteiger partial charge in [0, 0.05) is 25.2 Å². The number of nitrogens with one attached hydrogen (secondary N) is 1. The van der Waals surface area contributed by atoms with E-state index in [1.807, 2.05) is 0 Å². The number of carboxylic acid groups (broad SMARTS) is 1. The summed E-state index contributed by atoms with van der Waals surface area (Å²) in [7, 11) is 0. The summed E-state index contributed by atoms with van der Waals surface area (Å²) >= 11 is 0. The maximum absolute atomic E-state index is 12.1. The van der Waals surface area contributed by atoms with Crippen molar-refractivity contribution in [3.8, 4) is 0 Å². The molecule has 1 aliphatic carbocycles. The SMILES string of the molecule is CC1(C)C(C(=O)NCCn2cnc(C(=O)O)c2)C1(C)C. The number of carboxylic acids is 1. The maximum Gasteiger partial charge on any atom is 0.356 e. The van der Waals surface area contributed by atoms with Crippen LogP contribution in [0.2, 0.25) is 0 Å². The topological polar surface area (TPSA) is 84.2 Å². The Hall–Kier alpha value is -1.85. The van der Waals surface area contributed by atoms with Crippen molar-refractivity contribution in [1.29, 1.82) is 0 Å². The molecule has 20 heavy (non-hydrogen) atoms. The molecule has 6 nitrogen and oxygen atoms in total. The Morgan fingerprint density at radius 2 is 1.95 bits per heavy atom. The van der Waals surface area contributed by atoms with Crippen LogP contribution in [-0.4, -0.2) is 33.1 Å². The van der Waals surface area contributed by atoms with E-state index in [2.05, 4.69) is 38.0 Å². The van der Waals surface area contributed by atoms with E-state index in [9.17, 15) is 9.59 Å². The molecule has 0 aliphatic heterocycles. The van der Waals surface area contributed by atoms with Crippen LogP contribution in [0.5, 0.6) is 0 Å². The van der Waals surface area contributed by atoms with Gasteiger partial charge in [0.05, 0.1) is 6.33 Å². The zero-order valence-electron chi connectivity index (χ0n) is 12.3. The zero-order chi connectivity index (χ0) is 15.1. The smallest absolute Gasteiger partial charge is 0.356 e. The number of carbonyl (C=O) groups is 2. The summed E-state index contributed by atoms with van der Waals surface area (Å²) in [5.74, 6) is -0.944. The van der Waals surface area contributed by atoms with Crippen LogP contribution in [-0.2, 0) is 11.3 Å². The number of nitrogens with zero attached hydrogens (tertiary/aromatic N) is 2. The van der Waals surface area contributed by atoms with Gasteiger partial charge >= 0.3 is 5.97 Å². The lowest BCUT2D eigenvalue weighted by molar-refractivity contribution is -0.123. The highest BCUT2D eigenvalue weighted by molar-refractivity contribution is 5.85. The standard InChI is InChI=1S/C14H21N3O3/c1-13(2)10(14(13,3)4)11(18)15-5-6-17-7-9(12(19)20)16-8-17/h7-8,10H,5-6H2,1-4H3,(H,15,18)(H,19,20). The molecule has 1 amide bonds. The number of amides is 1. The number of rotatable bonds is 5. The van der Waals surface area contributed by atoms with Crippen LogP contribution in [0.15, 0.2) is 12.5 Å². The van der Waals surface area contributed by atoms with Gasteiger partial charge in [-0.2, -0.15) is 0 Å². The first-order valence-corrected chi connectivity index (χ1v) is 6.70. The molecule has 0 aromatic carbocycles. The molecule has 1 aliphatic rings. The molecule has 1 saturated carbocycles. The highest BCUT2D eigenvalue weighted by Gasteiger charge is 2.68. The fourth-order valence-electron chi connectivity index (χ4n) is 2.85. The number of carbonyl (C=O) groups excluding carboxylic acids is 1. The summed E-state index contributed by atoms with van der Waals surface area (Å²) in [4.78, 5) is 26.6. The van der Waals surface area contributed by atoms with Gasteiger partial charge in [0.2, 0.25) is 5.91 Å². The normalized spacial score (nSPS) is 19.6. The third kappa shape index (κ3) is 2.30. The number of hydrogen-bond acceptors (Lipinski definition) is 3. The summed E-state index contributed by atoms with van der Waals surface area (Å²) in [6.07, 6.45) is 2.92. The Kier molecular flexibility index (Phi) is 3.36. The van der Waals surface area contributed by atoms with Crippen molar-refractivity contribution < 1.29 is 14.7 Å². The first kappa shape index (κ1) is 14.6.